The van der Waals surface area contributed by atoms with Crippen LogP contribution in [-0.4, -0.2) is 24.0 Å². The Labute approximate surface area is 221 Å². The third-order valence-electron chi connectivity index (χ3n) is 6.57. The number of hydrogen-bond donors (Lipinski definition) is 1. The van der Waals surface area contributed by atoms with Gasteiger partial charge in [0.2, 0.25) is 5.91 Å². The predicted molar refractivity (Wildman–Crippen MR) is 149 cm³/mol. The summed E-state index contributed by atoms with van der Waals surface area (Å²) in [5.41, 5.74) is 4.25. The largest absolute Gasteiger partial charge is 0.487 e. The fraction of sp³-hybridized carbons (Fsp3) is 0.156. The Morgan fingerprint density at radius 2 is 1.58 bits per heavy atom. The van der Waals surface area contributed by atoms with E-state index in [1.165, 1.54) is 7.11 Å². The first-order valence-corrected chi connectivity index (χ1v) is 12.5. The van der Waals surface area contributed by atoms with Crippen LogP contribution in [-0.2, 0) is 27.4 Å². The molecule has 6 nitrogen and oxygen atoms in total. The Kier molecular flexibility index (Phi) is 7.31. The summed E-state index contributed by atoms with van der Waals surface area (Å²) in [6.07, 6.45) is 0.200. The predicted octanol–water partition coefficient (Wildman–Crippen LogP) is 6.42. The molecule has 1 amide bonds. The van der Waals surface area contributed by atoms with Crippen molar-refractivity contribution in [1.82, 2.24) is 4.98 Å². The lowest BCUT2D eigenvalue weighted by molar-refractivity contribution is -0.139. The number of rotatable bonds is 8. The van der Waals surface area contributed by atoms with Crippen LogP contribution in [0.4, 0.5) is 5.69 Å². The molecular formula is C32H28N2O4. The van der Waals surface area contributed by atoms with Crippen LogP contribution in [0.2, 0.25) is 0 Å². The molecule has 5 aromatic rings. The number of hydrogen-bond acceptors (Lipinski definition) is 5. The van der Waals surface area contributed by atoms with Crippen LogP contribution >= 0.6 is 0 Å². The average molecular weight is 505 g/mol. The van der Waals surface area contributed by atoms with Crippen molar-refractivity contribution in [2.45, 2.75) is 25.9 Å². The molecule has 5 rings (SSSR count). The van der Waals surface area contributed by atoms with Gasteiger partial charge in [-0.25, -0.2) is 4.98 Å². The number of para-hydroxylation sites is 1. The molecular weight excluding hydrogens is 476 g/mol. The lowest BCUT2D eigenvalue weighted by Gasteiger charge is -2.14. The molecule has 1 atom stereocenters. The third kappa shape index (κ3) is 5.81. The molecule has 0 saturated carbocycles. The van der Waals surface area contributed by atoms with Crippen LogP contribution in [0, 0.1) is 0 Å². The standard InChI is InChI=1S/C32H28N2O4/c1-21(32(36)34-27-13-7-22(8-14-27)17-31(35)37-2)24-9-10-26-19-29(16-12-25(26)18-24)38-20-28-15-11-23-5-3-4-6-30(23)33-28/h3-16,18-19,21H,17,20H2,1-2H3,(H,34,36). The van der Waals surface area contributed by atoms with Crippen molar-refractivity contribution in [2.75, 3.05) is 12.4 Å². The number of carbonyl (C=O) groups is 2. The SMILES string of the molecule is COC(=O)Cc1ccc(NC(=O)C(C)c2ccc3cc(OCc4ccc5ccccc5n4)ccc3c2)cc1. The van der Waals surface area contributed by atoms with Gasteiger partial charge in [0.1, 0.15) is 12.4 Å². The number of anilines is 1. The highest BCUT2D eigenvalue weighted by molar-refractivity contribution is 5.96. The molecule has 1 aromatic heterocycles. The Morgan fingerprint density at radius 1 is 0.842 bits per heavy atom. The highest BCUT2D eigenvalue weighted by Gasteiger charge is 2.16. The molecule has 0 radical (unpaired) electrons. The van der Waals surface area contributed by atoms with Crippen molar-refractivity contribution < 1.29 is 19.1 Å². The second-order valence-corrected chi connectivity index (χ2v) is 9.21. The number of pyridine rings is 1. The first-order valence-electron chi connectivity index (χ1n) is 12.5. The molecule has 0 spiro atoms. The van der Waals surface area contributed by atoms with Crippen molar-refractivity contribution in [3.8, 4) is 5.75 Å². The molecule has 0 bridgehead atoms. The highest BCUT2D eigenvalue weighted by atomic mass is 16.5. The van der Waals surface area contributed by atoms with Gasteiger partial charge in [0.15, 0.2) is 0 Å². The minimum Gasteiger partial charge on any atom is -0.487 e. The van der Waals surface area contributed by atoms with Crippen molar-refractivity contribution in [2.24, 2.45) is 0 Å². The number of fused-ring (bicyclic) bond motifs is 2. The van der Waals surface area contributed by atoms with Gasteiger partial charge in [0.25, 0.3) is 0 Å². The normalized spacial score (nSPS) is 11.7. The lowest BCUT2D eigenvalue weighted by atomic mass is 9.97. The van der Waals surface area contributed by atoms with Gasteiger partial charge in [0, 0.05) is 11.1 Å². The summed E-state index contributed by atoms with van der Waals surface area (Å²) in [6, 6.07) is 31.2. The minimum atomic E-state index is -0.343. The van der Waals surface area contributed by atoms with E-state index in [1.54, 1.807) is 12.1 Å². The zero-order chi connectivity index (χ0) is 26.5. The summed E-state index contributed by atoms with van der Waals surface area (Å²) in [5, 5.41) is 6.13. The number of aromatic nitrogens is 1. The summed E-state index contributed by atoms with van der Waals surface area (Å²) >= 11 is 0. The van der Waals surface area contributed by atoms with Crippen molar-refractivity contribution >= 4 is 39.2 Å². The monoisotopic (exact) mass is 504 g/mol. The Hall–Kier alpha value is -4.71. The van der Waals surface area contributed by atoms with Gasteiger partial charge in [-0.05, 0) is 65.2 Å². The Morgan fingerprint density at radius 3 is 2.39 bits per heavy atom. The van der Waals surface area contributed by atoms with E-state index in [4.69, 9.17) is 9.47 Å². The van der Waals surface area contributed by atoms with E-state index in [1.807, 2.05) is 85.8 Å². The summed E-state index contributed by atoms with van der Waals surface area (Å²) in [4.78, 5) is 29.0. The van der Waals surface area contributed by atoms with E-state index in [9.17, 15) is 9.59 Å². The average Bonchev–Trinajstić information content (AvgIpc) is 2.96. The molecule has 4 aromatic carbocycles. The number of amides is 1. The zero-order valence-electron chi connectivity index (χ0n) is 21.3. The van der Waals surface area contributed by atoms with Gasteiger partial charge in [-0.2, -0.15) is 0 Å². The van der Waals surface area contributed by atoms with Gasteiger partial charge in [-0.3, -0.25) is 9.59 Å². The number of methoxy groups -OCH3 is 1. The van der Waals surface area contributed by atoms with Crippen LogP contribution in [0.15, 0.2) is 97.1 Å². The lowest BCUT2D eigenvalue weighted by Crippen LogP contribution is -2.18. The molecule has 1 N–H and O–H groups in total. The molecule has 0 aliphatic heterocycles. The Bertz CT molecular complexity index is 1610. The van der Waals surface area contributed by atoms with Gasteiger partial charge in [0.05, 0.1) is 30.7 Å². The van der Waals surface area contributed by atoms with Crippen LogP contribution in [0.3, 0.4) is 0 Å². The number of esters is 1. The van der Waals surface area contributed by atoms with E-state index in [-0.39, 0.29) is 24.2 Å². The topological polar surface area (TPSA) is 77.5 Å². The maximum atomic E-state index is 12.9. The number of nitrogens with one attached hydrogen (secondary N) is 1. The number of nitrogens with zero attached hydrogens (tertiary/aromatic N) is 1. The van der Waals surface area contributed by atoms with Crippen LogP contribution in [0.25, 0.3) is 21.7 Å². The summed E-state index contributed by atoms with van der Waals surface area (Å²) in [7, 11) is 1.36. The molecule has 0 fully saturated rings. The third-order valence-corrected chi connectivity index (χ3v) is 6.57. The number of benzene rings is 4. The molecule has 190 valence electrons. The van der Waals surface area contributed by atoms with Gasteiger partial charge in [-0.15, -0.1) is 0 Å². The quantitative estimate of drug-likeness (QED) is 0.247. The molecule has 38 heavy (non-hydrogen) atoms. The molecule has 6 heteroatoms. The zero-order valence-corrected chi connectivity index (χ0v) is 21.3. The molecule has 0 saturated heterocycles. The van der Waals surface area contributed by atoms with Gasteiger partial charge < -0.3 is 14.8 Å². The summed E-state index contributed by atoms with van der Waals surface area (Å²) in [5.74, 6) is 0.0194. The minimum absolute atomic E-state index is 0.104. The van der Waals surface area contributed by atoms with E-state index in [2.05, 4.69) is 16.4 Å². The smallest absolute Gasteiger partial charge is 0.309 e. The fourth-order valence-corrected chi connectivity index (χ4v) is 4.29. The summed E-state index contributed by atoms with van der Waals surface area (Å²) in [6.45, 7) is 2.27. The van der Waals surface area contributed by atoms with Gasteiger partial charge >= 0.3 is 5.97 Å². The molecule has 0 aliphatic carbocycles. The molecule has 0 aliphatic rings. The first-order chi connectivity index (χ1) is 18.5. The van der Waals surface area contributed by atoms with E-state index < -0.39 is 0 Å². The fourth-order valence-electron chi connectivity index (χ4n) is 4.29. The van der Waals surface area contributed by atoms with Crippen molar-refractivity contribution in [1.29, 1.82) is 0 Å². The highest BCUT2D eigenvalue weighted by Crippen LogP contribution is 2.27. The van der Waals surface area contributed by atoms with Crippen LogP contribution in [0.5, 0.6) is 5.75 Å². The van der Waals surface area contributed by atoms with Crippen molar-refractivity contribution in [3.63, 3.8) is 0 Å². The van der Waals surface area contributed by atoms with E-state index in [0.29, 0.717) is 12.3 Å². The number of carbonyl (C=O) groups excluding carboxylic acids is 2. The summed E-state index contributed by atoms with van der Waals surface area (Å²) < 4.78 is 10.7. The van der Waals surface area contributed by atoms with Crippen LogP contribution < -0.4 is 10.1 Å². The number of ether oxygens (including phenoxy) is 2. The van der Waals surface area contributed by atoms with Crippen LogP contribution in [0.1, 0.15) is 29.7 Å². The Balaban J connectivity index is 1.22. The maximum Gasteiger partial charge on any atom is 0.309 e. The molecule has 1 heterocycles. The van der Waals surface area contributed by atoms with Gasteiger partial charge in [-0.1, -0.05) is 60.7 Å². The van der Waals surface area contributed by atoms with E-state index in [0.717, 1.165) is 44.2 Å². The van der Waals surface area contributed by atoms with Crippen molar-refractivity contribution in [3.05, 3.63) is 114 Å². The second kappa shape index (κ2) is 11.1. The first kappa shape index (κ1) is 25.0. The second-order valence-electron chi connectivity index (χ2n) is 9.21. The maximum absolute atomic E-state index is 12.9. The van der Waals surface area contributed by atoms with E-state index >= 15 is 0 Å². The molecule has 1 unspecified atom stereocenters.